The van der Waals surface area contributed by atoms with Gasteiger partial charge in [0.15, 0.2) is 5.65 Å². The Labute approximate surface area is 277 Å². The SMILES string of the molecule is NCc1ccc(-c2nc3nc(N4CCC(N5CCCC5)CC4)ncc3cc2-c2ccccc2)cc1.O=C(O)C(F)(F)F.O=C(O)C(F)(F)F. The van der Waals surface area contributed by atoms with Gasteiger partial charge in [-0.25, -0.2) is 19.6 Å². The minimum Gasteiger partial charge on any atom is -0.475 e. The van der Waals surface area contributed by atoms with E-state index in [0.717, 1.165) is 58.0 Å². The second-order valence-electron chi connectivity index (χ2n) is 11.3. The first-order valence-corrected chi connectivity index (χ1v) is 15.3. The maximum atomic E-state index is 10.6. The molecule has 4 heterocycles. The van der Waals surface area contributed by atoms with Crippen molar-refractivity contribution in [2.24, 2.45) is 5.73 Å². The van der Waals surface area contributed by atoms with Gasteiger partial charge < -0.3 is 25.7 Å². The molecule has 0 saturated carbocycles. The van der Waals surface area contributed by atoms with E-state index >= 15 is 0 Å². The summed E-state index contributed by atoms with van der Waals surface area (Å²) in [5.74, 6) is -4.72. The average molecular weight is 693 g/mol. The van der Waals surface area contributed by atoms with E-state index in [1.165, 1.54) is 38.8 Å². The molecular formula is C33H34F6N6O4. The quantitative estimate of drug-likeness (QED) is 0.208. The lowest BCUT2D eigenvalue weighted by atomic mass is 9.98. The van der Waals surface area contributed by atoms with Crippen LogP contribution in [0.25, 0.3) is 33.4 Å². The van der Waals surface area contributed by atoms with Crippen LogP contribution < -0.4 is 10.6 Å². The van der Waals surface area contributed by atoms with Gasteiger partial charge in [-0.2, -0.15) is 31.3 Å². The Hall–Kier alpha value is -4.83. The maximum absolute atomic E-state index is 10.6. The van der Waals surface area contributed by atoms with Crippen LogP contribution in [0.4, 0.5) is 32.3 Å². The van der Waals surface area contributed by atoms with Crippen LogP contribution >= 0.6 is 0 Å². The van der Waals surface area contributed by atoms with Crippen molar-refractivity contribution in [2.45, 2.75) is 50.6 Å². The number of piperidine rings is 1. The lowest BCUT2D eigenvalue weighted by Crippen LogP contribution is -2.44. The molecule has 4 aromatic rings. The van der Waals surface area contributed by atoms with Crippen molar-refractivity contribution in [1.29, 1.82) is 0 Å². The number of aromatic nitrogens is 3. The Kier molecular flexibility index (Phi) is 12.1. The summed E-state index contributed by atoms with van der Waals surface area (Å²) in [6.07, 6.45) is -3.17. The van der Waals surface area contributed by atoms with Crippen LogP contribution in [0, 0.1) is 0 Å². The van der Waals surface area contributed by atoms with Crippen molar-refractivity contribution in [3.05, 3.63) is 72.4 Å². The average Bonchev–Trinajstić information content (AvgIpc) is 3.63. The molecule has 0 spiro atoms. The van der Waals surface area contributed by atoms with E-state index < -0.39 is 24.3 Å². The lowest BCUT2D eigenvalue weighted by molar-refractivity contribution is -0.193. The lowest BCUT2D eigenvalue weighted by Gasteiger charge is -2.36. The van der Waals surface area contributed by atoms with Gasteiger partial charge in [0.25, 0.3) is 0 Å². The number of aliphatic carboxylic acids is 2. The van der Waals surface area contributed by atoms with Gasteiger partial charge in [-0.15, -0.1) is 0 Å². The number of fused-ring (bicyclic) bond motifs is 1. The summed E-state index contributed by atoms with van der Waals surface area (Å²) < 4.78 is 63.5. The molecule has 2 aromatic carbocycles. The second kappa shape index (κ2) is 16.0. The fourth-order valence-electron chi connectivity index (χ4n) is 5.50. The molecule has 49 heavy (non-hydrogen) atoms. The molecule has 2 fully saturated rings. The van der Waals surface area contributed by atoms with Gasteiger partial charge in [-0.1, -0.05) is 54.6 Å². The number of carboxylic acid groups (broad SMARTS) is 2. The third-order valence-corrected chi connectivity index (χ3v) is 7.99. The van der Waals surface area contributed by atoms with Crippen LogP contribution in [0.2, 0.25) is 0 Å². The third-order valence-electron chi connectivity index (χ3n) is 7.99. The number of nitrogens with two attached hydrogens (primary N) is 1. The van der Waals surface area contributed by atoms with Gasteiger partial charge >= 0.3 is 24.3 Å². The summed E-state index contributed by atoms with van der Waals surface area (Å²) in [6.45, 7) is 5.06. The number of halogens is 6. The van der Waals surface area contributed by atoms with E-state index in [2.05, 4.69) is 64.4 Å². The van der Waals surface area contributed by atoms with Crippen LogP contribution in [-0.2, 0) is 16.1 Å². The summed E-state index contributed by atoms with van der Waals surface area (Å²) in [6, 6.07) is 21.7. The highest BCUT2D eigenvalue weighted by molar-refractivity contribution is 5.90. The van der Waals surface area contributed by atoms with Crippen molar-refractivity contribution in [3.63, 3.8) is 0 Å². The molecule has 2 aliphatic rings. The Morgan fingerprint density at radius 3 is 1.86 bits per heavy atom. The molecule has 2 aliphatic heterocycles. The fourth-order valence-corrected chi connectivity index (χ4v) is 5.50. The number of alkyl halides is 6. The molecule has 0 aliphatic carbocycles. The van der Waals surface area contributed by atoms with E-state index in [1.807, 2.05) is 12.3 Å². The number of benzene rings is 2. The normalized spacial score (nSPS) is 15.6. The Morgan fingerprint density at radius 1 is 0.796 bits per heavy atom. The Balaban J connectivity index is 0.000000327. The first kappa shape index (κ1) is 37.0. The summed E-state index contributed by atoms with van der Waals surface area (Å²) in [7, 11) is 0. The number of likely N-dealkylation sites (tertiary alicyclic amines) is 1. The smallest absolute Gasteiger partial charge is 0.475 e. The molecule has 0 unspecified atom stereocenters. The number of pyridine rings is 1. The molecule has 262 valence electrons. The van der Waals surface area contributed by atoms with E-state index in [0.29, 0.717) is 12.6 Å². The van der Waals surface area contributed by atoms with Gasteiger partial charge in [0.2, 0.25) is 5.95 Å². The number of hydrogen-bond donors (Lipinski definition) is 3. The zero-order chi connectivity index (χ0) is 35.8. The highest BCUT2D eigenvalue weighted by Gasteiger charge is 2.39. The molecule has 0 amide bonds. The van der Waals surface area contributed by atoms with E-state index in [9.17, 15) is 26.3 Å². The van der Waals surface area contributed by atoms with Gasteiger partial charge in [0.05, 0.1) is 5.69 Å². The third kappa shape index (κ3) is 10.1. The molecule has 6 rings (SSSR count). The van der Waals surface area contributed by atoms with Crippen LogP contribution in [0.15, 0.2) is 66.9 Å². The van der Waals surface area contributed by atoms with Crippen molar-refractivity contribution >= 4 is 28.9 Å². The summed E-state index contributed by atoms with van der Waals surface area (Å²) in [5.41, 5.74) is 11.9. The largest absolute Gasteiger partial charge is 0.490 e. The van der Waals surface area contributed by atoms with E-state index in [4.69, 9.17) is 40.5 Å². The van der Waals surface area contributed by atoms with Crippen molar-refractivity contribution in [1.82, 2.24) is 19.9 Å². The molecule has 0 bridgehead atoms. The molecule has 2 aromatic heterocycles. The zero-order valence-electron chi connectivity index (χ0n) is 26.1. The van der Waals surface area contributed by atoms with E-state index in [-0.39, 0.29) is 0 Å². The Bertz CT molecular complexity index is 1680. The minimum absolute atomic E-state index is 0.530. The number of anilines is 1. The summed E-state index contributed by atoms with van der Waals surface area (Å²) >= 11 is 0. The predicted octanol–water partition coefficient (Wildman–Crippen LogP) is 6.15. The van der Waals surface area contributed by atoms with Gasteiger partial charge in [0, 0.05) is 48.4 Å². The van der Waals surface area contributed by atoms with Gasteiger partial charge in [-0.3, -0.25) is 0 Å². The zero-order valence-corrected chi connectivity index (χ0v) is 26.1. The number of rotatable bonds is 5. The molecule has 2 saturated heterocycles. The van der Waals surface area contributed by atoms with Crippen molar-refractivity contribution in [2.75, 3.05) is 31.1 Å². The number of hydrogen-bond acceptors (Lipinski definition) is 8. The number of nitrogens with zero attached hydrogens (tertiary/aromatic N) is 5. The highest BCUT2D eigenvalue weighted by atomic mass is 19.4. The molecular weight excluding hydrogens is 658 g/mol. The van der Waals surface area contributed by atoms with Crippen LogP contribution in [0.5, 0.6) is 0 Å². The monoisotopic (exact) mass is 692 g/mol. The fraction of sp³-hybridized carbons (Fsp3) is 0.364. The summed E-state index contributed by atoms with van der Waals surface area (Å²) in [5, 5.41) is 15.2. The maximum Gasteiger partial charge on any atom is 0.490 e. The highest BCUT2D eigenvalue weighted by Crippen LogP contribution is 2.34. The predicted molar refractivity (Wildman–Crippen MR) is 170 cm³/mol. The summed E-state index contributed by atoms with van der Waals surface area (Å²) in [4.78, 5) is 37.6. The first-order chi connectivity index (χ1) is 23.2. The van der Waals surface area contributed by atoms with Crippen molar-refractivity contribution in [3.8, 4) is 22.4 Å². The van der Waals surface area contributed by atoms with Crippen molar-refractivity contribution < 1.29 is 46.1 Å². The van der Waals surface area contributed by atoms with Crippen LogP contribution in [0.1, 0.15) is 31.2 Å². The molecule has 4 N–H and O–H groups in total. The standard InChI is InChI=1S/C29H32N6.2C2HF3O2/c30-19-21-8-10-23(11-9-21)27-26(22-6-2-1-3-7-22)18-24-20-31-29(33-28(24)32-27)35-16-12-25(13-17-35)34-14-4-5-15-34;2*3-2(4,5)1(6)7/h1-3,6-11,18,20,25H,4-5,12-17,19,30H2;2*(H,6,7). The van der Waals surface area contributed by atoms with E-state index in [1.54, 1.807) is 0 Å². The van der Waals surface area contributed by atoms with Crippen LogP contribution in [-0.4, -0.2) is 86.6 Å². The van der Waals surface area contributed by atoms with Gasteiger partial charge in [0.1, 0.15) is 0 Å². The molecule has 10 nitrogen and oxygen atoms in total. The molecule has 16 heteroatoms. The second-order valence-corrected chi connectivity index (χ2v) is 11.3. The molecule has 0 atom stereocenters. The Morgan fingerprint density at radius 2 is 1.35 bits per heavy atom. The minimum atomic E-state index is -5.08. The first-order valence-electron chi connectivity index (χ1n) is 15.3. The topological polar surface area (TPSA) is 146 Å². The number of carbonyl (C=O) groups is 2. The van der Waals surface area contributed by atoms with Gasteiger partial charge in [-0.05, 0) is 56.0 Å². The number of carboxylic acids is 2. The molecule has 0 radical (unpaired) electrons. The van der Waals surface area contributed by atoms with Crippen LogP contribution in [0.3, 0.4) is 0 Å².